The van der Waals surface area contributed by atoms with E-state index < -0.39 is 51.8 Å². The minimum absolute atomic E-state index is 0.0549. The molecular weight excluding hydrogens is 362 g/mol. The topological polar surface area (TPSA) is 101 Å². The van der Waals surface area contributed by atoms with Crippen molar-refractivity contribution in [2.24, 2.45) is 5.41 Å². The number of hydrogen-bond donors (Lipinski definition) is 1. The molecule has 1 spiro atoms. The summed E-state index contributed by atoms with van der Waals surface area (Å²) in [5, 5.41) is 8.36. The number of hydrogen-bond acceptors (Lipinski definition) is 5. The molecule has 3 fully saturated rings. The molecule has 142 valence electrons. The number of carboxylic acids is 1. The number of carbonyl (C=O) groups excluding carboxylic acids is 1. The fraction of sp³-hybridized carbons (Fsp3) is 0.875. The Bertz CT molecular complexity index is 768. The lowest BCUT2D eigenvalue weighted by Crippen LogP contribution is -2.66. The van der Waals surface area contributed by atoms with Crippen LogP contribution in [-0.4, -0.2) is 60.9 Å². The van der Waals surface area contributed by atoms with Crippen molar-refractivity contribution < 1.29 is 27.5 Å². The van der Waals surface area contributed by atoms with Crippen molar-refractivity contribution in [2.45, 2.75) is 81.4 Å². The Kier molecular flexibility index (Phi) is 3.52. The molecule has 4 atom stereocenters. The van der Waals surface area contributed by atoms with E-state index in [1.165, 1.54) is 13.8 Å². The molecule has 1 saturated carbocycles. The summed E-state index contributed by atoms with van der Waals surface area (Å²) in [6.45, 7) is 13.2. The van der Waals surface area contributed by atoms with Crippen molar-refractivity contribution in [1.82, 2.24) is 4.90 Å². The zero-order valence-corrected chi connectivity index (χ0v) is 17.6. The van der Waals surface area contributed by atoms with Gasteiger partial charge in [-0.05, 0) is 38.4 Å². The molecular formula is C16H27NO6SSi. The van der Waals surface area contributed by atoms with Crippen LogP contribution in [0.15, 0.2) is 0 Å². The van der Waals surface area contributed by atoms with Gasteiger partial charge in [-0.1, -0.05) is 20.8 Å². The van der Waals surface area contributed by atoms with Crippen LogP contribution in [0.3, 0.4) is 0 Å². The minimum Gasteiger partial charge on any atom is -0.480 e. The maximum absolute atomic E-state index is 13.0. The molecule has 0 aromatic heterocycles. The van der Waals surface area contributed by atoms with Crippen LogP contribution in [0.2, 0.25) is 18.1 Å². The second-order valence-corrected chi connectivity index (χ2v) is 16.9. The number of nitrogens with zero attached hydrogens (tertiary/aromatic N) is 1. The van der Waals surface area contributed by atoms with E-state index in [0.29, 0.717) is 6.42 Å². The first kappa shape index (κ1) is 18.8. The van der Waals surface area contributed by atoms with Crippen LogP contribution in [0.4, 0.5) is 0 Å². The zero-order valence-electron chi connectivity index (χ0n) is 15.8. The third-order valence-electron chi connectivity index (χ3n) is 6.70. The first-order chi connectivity index (χ1) is 11.0. The van der Waals surface area contributed by atoms with E-state index in [0.717, 1.165) is 4.90 Å². The average Bonchev–Trinajstić information content (AvgIpc) is 3.07. The van der Waals surface area contributed by atoms with Crippen molar-refractivity contribution >= 4 is 30.0 Å². The molecule has 0 aromatic rings. The average molecular weight is 390 g/mol. The van der Waals surface area contributed by atoms with E-state index >= 15 is 0 Å². The number of carbonyl (C=O) groups is 2. The molecule has 0 radical (unpaired) electrons. The van der Waals surface area contributed by atoms with Crippen LogP contribution in [-0.2, 0) is 23.9 Å². The van der Waals surface area contributed by atoms with Gasteiger partial charge in [0.2, 0.25) is 5.91 Å². The predicted octanol–water partition coefficient (Wildman–Crippen LogP) is 1.60. The van der Waals surface area contributed by atoms with Crippen LogP contribution >= 0.6 is 0 Å². The SMILES string of the molecule is CC(C)(C)[Si](C)(C)O[C@H]1C[C@]12C(=O)N1[C@@H](C(=O)O)C(C)(C)S(=O)(=O)[C@@H]12. The molecule has 25 heavy (non-hydrogen) atoms. The van der Waals surface area contributed by atoms with Crippen LogP contribution in [0.5, 0.6) is 0 Å². The molecule has 2 aliphatic heterocycles. The van der Waals surface area contributed by atoms with Crippen LogP contribution < -0.4 is 0 Å². The van der Waals surface area contributed by atoms with Gasteiger partial charge in [0.05, 0.1) is 10.9 Å². The van der Waals surface area contributed by atoms with E-state index in [4.69, 9.17) is 4.43 Å². The third kappa shape index (κ3) is 2.03. The lowest BCUT2D eigenvalue weighted by molar-refractivity contribution is -0.167. The Labute approximate surface area is 149 Å². The molecule has 3 aliphatic rings. The fourth-order valence-electron chi connectivity index (χ4n) is 3.92. The molecule has 1 amide bonds. The van der Waals surface area contributed by atoms with Gasteiger partial charge in [0.15, 0.2) is 23.5 Å². The molecule has 0 aromatic carbocycles. The summed E-state index contributed by atoms with van der Waals surface area (Å²) in [4.78, 5) is 25.5. The van der Waals surface area contributed by atoms with E-state index in [1.54, 1.807) is 0 Å². The van der Waals surface area contributed by atoms with Gasteiger partial charge >= 0.3 is 5.97 Å². The Morgan fingerprint density at radius 3 is 2.28 bits per heavy atom. The molecule has 3 rings (SSSR count). The summed E-state index contributed by atoms with van der Waals surface area (Å²) in [6.07, 6.45) is -0.0681. The number of aliphatic carboxylic acids is 1. The molecule has 2 heterocycles. The van der Waals surface area contributed by atoms with E-state index in [9.17, 15) is 23.1 Å². The highest BCUT2D eigenvalue weighted by atomic mass is 32.2. The minimum atomic E-state index is -3.80. The largest absolute Gasteiger partial charge is 0.480 e. The molecule has 0 unspecified atom stereocenters. The lowest BCUT2D eigenvalue weighted by atomic mass is 9.89. The molecule has 1 N–H and O–H groups in total. The predicted molar refractivity (Wildman–Crippen MR) is 94.2 cm³/mol. The fourth-order valence-corrected chi connectivity index (χ4v) is 7.80. The van der Waals surface area contributed by atoms with Gasteiger partial charge in [0, 0.05) is 0 Å². The molecule has 7 nitrogen and oxygen atoms in total. The third-order valence-corrected chi connectivity index (χ3v) is 14.1. The highest BCUT2D eigenvalue weighted by Crippen LogP contribution is 2.68. The molecule has 9 heteroatoms. The van der Waals surface area contributed by atoms with E-state index in [1.807, 2.05) is 0 Å². The normalized spacial score (nSPS) is 38.4. The quantitative estimate of drug-likeness (QED) is 0.581. The zero-order chi connectivity index (χ0) is 19.4. The molecule has 0 bridgehead atoms. The van der Waals surface area contributed by atoms with Gasteiger partial charge in [-0.15, -0.1) is 0 Å². The van der Waals surface area contributed by atoms with Gasteiger partial charge in [-0.2, -0.15) is 0 Å². The Hall–Kier alpha value is -0.933. The number of fused-ring (bicyclic) bond motifs is 2. The summed E-state index contributed by atoms with van der Waals surface area (Å²) in [6, 6.07) is -1.34. The van der Waals surface area contributed by atoms with Crippen LogP contribution in [0, 0.1) is 5.41 Å². The van der Waals surface area contributed by atoms with E-state index in [2.05, 4.69) is 33.9 Å². The van der Waals surface area contributed by atoms with Gasteiger partial charge in [-0.3, -0.25) is 4.79 Å². The molecule has 2 saturated heterocycles. The number of rotatable bonds is 3. The van der Waals surface area contributed by atoms with Crippen molar-refractivity contribution in [1.29, 1.82) is 0 Å². The van der Waals surface area contributed by atoms with E-state index in [-0.39, 0.29) is 10.9 Å². The smallest absolute Gasteiger partial charge is 0.328 e. The van der Waals surface area contributed by atoms with Crippen LogP contribution in [0.25, 0.3) is 0 Å². The number of sulfone groups is 1. The van der Waals surface area contributed by atoms with Crippen molar-refractivity contribution in [2.75, 3.05) is 0 Å². The van der Waals surface area contributed by atoms with Gasteiger partial charge in [-0.25, -0.2) is 13.2 Å². The van der Waals surface area contributed by atoms with Crippen LogP contribution in [0.1, 0.15) is 41.0 Å². The number of amides is 1. The first-order valence-electron chi connectivity index (χ1n) is 8.50. The Morgan fingerprint density at radius 2 is 1.84 bits per heavy atom. The van der Waals surface area contributed by atoms with Crippen molar-refractivity contribution in [3.05, 3.63) is 0 Å². The second-order valence-electron chi connectivity index (χ2n) is 9.57. The highest BCUT2D eigenvalue weighted by Gasteiger charge is 2.86. The maximum Gasteiger partial charge on any atom is 0.328 e. The van der Waals surface area contributed by atoms with Gasteiger partial charge < -0.3 is 14.4 Å². The highest BCUT2D eigenvalue weighted by molar-refractivity contribution is 7.94. The summed E-state index contributed by atoms with van der Waals surface area (Å²) in [5.41, 5.74) is -1.07. The Morgan fingerprint density at radius 1 is 1.32 bits per heavy atom. The summed E-state index contributed by atoms with van der Waals surface area (Å²) in [5.74, 6) is -1.66. The summed E-state index contributed by atoms with van der Waals surface area (Å²) < 4.78 is 30.8. The van der Waals surface area contributed by atoms with Gasteiger partial charge in [0.1, 0.15) is 11.5 Å². The summed E-state index contributed by atoms with van der Waals surface area (Å²) >= 11 is 0. The first-order valence-corrected chi connectivity index (χ1v) is 13.0. The standard InChI is InChI=1S/C16H27NO6SSi/c1-14(2,3)25(6,7)23-9-8-16(9)12(20)17-10(11(18)19)15(4,5)24(21,22)13(16)17/h9-10,13H,8H2,1-7H3,(H,18,19)/t9-,10-,13+,16+/m0/s1. The number of β-lactam (4-membered cyclic amide) rings is 1. The van der Waals surface area contributed by atoms with Crippen molar-refractivity contribution in [3.63, 3.8) is 0 Å². The molecule has 1 aliphatic carbocycles. The lowest BCUT2D eigenvalue weighted by Gasteiger charge is -2.45. The summed E-state index contributed by atoms with van der Waals surface area (Å²) in [7, 11) is -5.96. The Balaban J connectivity index is 1.94. The maximum atomic E-state index is 13.0. The monoisotopic (exact) mass is 389 g/mol. The second kappa shape index (κ2) is 4.67. The number of carboxylic acid groups (broad SMARTS) is 1. The van der Waals surface area contributed by atoms with Gasteiger partial charge in [0.25, 0.3) is 0 Å². The van der Waals surface area contributed by atoms with Crippen molar-refractivity contribution in [3.8, 4) is 0 Å².